The Morgan fingerprint density at radius 1 is 1.18 bits per heavy atom. The number of nitrogens with one attached hydrogen (secondary N) is 1. The molecule has 0 spiro atoms. The molecule has 2 unspecified atom stereocenters. The minimum Gasteiger partial charge on any atom is -0.342 e. The smallest absolute Gasteiger partial charge is 0.225 e. The van der Waals surface area contributed by atoms with E-state index < -0.39 is 0 Å². The van der Waals surface area contributed by atoms with Gasteiger partial charge in [0.15, 0.2) is 0 Å². The summed E-state index contributed by atoms with van der Waals surface area (Å²) in [5, 5.41) is 3.29. The van der Waals surface area contributed by atoms with Gasteiger partial charge in [0.25, 0.3) is 0 Å². The molecule has 0 radical (unpaired) electrons. The van der Waals surface area contributed by atoms with Crippen LogP contribution >= 0.6 is 0 Å². The van der Waals surface area contributed by atoms with E-state index in [1.54, 1.807) is 0 Å². The van der Waals surface area contributed by atoms with Gasteiger partial charge in [0.05, 0.1) is 0 Å². The molecule has 126 valence electrons. The van der Waals surface area contributed by atoms with Gasteiger partial charge in [-0.05, 0) is 69.6 Å². The van der Waals surface area contributed by atoms with Gasteiger partial charge in [-0.25, -0.2) is 0 Å². The van der Waals surface area contributed by atoms with Crippen LogP contribution in [0.5, 0.6) is 0 Å². The maximum Gasteiger partial charge on any atom is 0.225 e. The van der Waals surface area contributed by atoms with Crippen molar-refractivity contribution in [2.75, 3.05) is 45.8 Å². The zero-order valence-corrected chi connectivity index (χ0v) is 14.4. The number of carbonyl (C=O) groups excluding carboxylic acids is 1. The average Bonchev–Trinajstić information content (AvgIpc) is 2.47. The van der Waals surface area contributed by atoms with Gasteiger partial charge in [-0.1, -0.05) is 13.8 Å². The first-order chi connectivity index (χ1) is 10.6. The summed E-state index contributed by atoms with van der Waals surface area (Å²) in [4.78, 5) is 17.5. The summed E-state index contributed by atoms with van der Waals surface area (Å²) < 4.78 is 0. The molecule has 3 aliphatic rings. The van der Waals surface area contributed by atoms with Crippen LogP contribution in [0.3, 0.4) is 0 Å². The molecule has 4 nitrogen and oxygen atoms in total. The molecule has 0 bridgehead atoms. The third kappa shape index (κ3) is 3.83. The van der Waals surface area contributed by atoms with Crippen molar-refractivity contribution in [2.24, 2.45) is 23.7 Å². The van der Waals surface area contributed by atoms with Crippen LogP contribution in [0.2, 0.25) is 0 Å². The average molecular weight is 307 g/mol. The van der Waals surface area contributed by atoms with Gasteiger partial charge in [-0.2, -0.15) is 0 Å². The topological polar surface area (TPSA) is 35.6 Å². The van der Waals surface area contributed by atoms with Gasteiger partial charge in [0.2, 0.25) is 5.91 Å². The summed E-state index contributed by atoms with van der Waals surface area (Å²) in [7, 11) is 0. The lowest BCUT2D eigenvalue weighted by Crippen LogP contribution is -2.52. The summed E-state index contributed by atoms with van der Waals surface area (Å²) in [5.74, 6) is 2.77. The van der Waals surface area contributed by atoms with Crippen molar-refractivity contribution in [3.63, 3.8) is 0 Å². The first-order valence-corrected chi connectivity index (χ1v) is 9.35. The number of piperidine rings is 2. The fourth-order valence-corrected chi connectivity index (χ4v) is 4.18. The molecule has 1 N–H and O–H groups in total. The lowest BCUT2D eigenvalue weighted by Gasteiger charge is -2.40. The molecule has 3 fully saturated rings. The molecule has 0 saturated carbocycles. The van der Waals surface area contributed by atoms with Gasteiger partial charge in [0.1, 0.15) is 0 Å². The molecular formula is C18H33N3O. The molecule has 3 aliphatic heterocycles. The van der Waals surface area contributed by atoms with Crippen LogP contribution < -0.4 is 5.32 Å². The van der Waals surface area contributed by atoms with Gasteiger partial charge in [-0.3, -0.25) is 4.79 Å². The fourth-order valence-electron chi connectivity index (χ4n) is 4.18. The van der Waals surface area contributed by atoms with Gasteiger partial charge < -0.3 is 15.1 Å². The number of amides is 1. The zero-order chi connectivity index (χ0) is 15.5. The summed E-state index contributed by atoms with van der Waals surface area (Å²) in [6.07, 6.45) is 5.19. The van der Waals surface area contributed by atoms with E-state index in [9.17, 15) is 4.79 Å². The Bertz CT molecular complexity index is 375. The van der Waals surface area contributed by atoms with E-state index in [0.717, 1.165) is 32.1 Å². The van der Waals surface area contributed by atoms with E-state index in [1.165, 1.54) is 45.3 Å². The minimum atomic E-state index is 0.204. The van der Waals surface area contributed by atoms with Crippen LogP contribution in [0.25, 0.3) is 0 Å². The van der Waals surface area contributed by atoms with Gasteiger partial charge in [0, 0.05) is 25.6 Å². The predicted octanol–water partition coefficient (Wildman–Crippen LogP) is 1.81. The number of carbonyl (C=O) groups is 1. The first-order valence-electron chi connectivity index (χ1n) is 9.35. The van der Waals surface area contributed by atoms with E-state index >= 15 is 0 Å². The van der Waals surface area contributed by atoms with Crippen molar-refractivity contribution < 1.29 is 4.79 Å². The van der Waals surface area contributed by atoms with E-state index in [1.807, 2.05) is 0 Å². The van der Waals surface area contributed by atoms with E-state index in [-0.39, 0.29) is 5.92 Å². The molecular weight excluding hydrogens is 274 g/mol. The summed E-state index contributed by atoms with van der Waals surface area (Å²) >= 11 is 0. The molecule has 22 heavy (non-hydrogen) atoms. The van der Waals surface area contributed by atoms with Crippen LogP contribution in [-0.4, -0.2) is 61.5 Å². The number of nitrogens with zero attached hydrogens (tertiary/aromatic N) is 2. The largest absolute Gasteiger partial charge is 0.342 e. The molecule has 0 aromatic heterocycles. The highest BCUT2D eigenvalue weighted by molar-refractivity contribution is 5.79. The highest BCUT2D eigenvalue weighted by Crippen LogP contribution is 2.25. The van der Waals surface area contributed by atoms with E-state index in [2.05, 4.69) is 29.0 Å². The summed E-state index contributed by atoms with van der Waals surface area (Å²) in [5.41, 5.74) is 0. The number of hydrogen-bond acceptors (Lipinski definition) is 3. The molecule has 3 rings (SSSR count). The Hall–Kier alpha value is -0.610. The zero-order valence-electron chi connectivity index (χ0n) is 14.4. The van der Waals surface area contributed by atoms with Crippen molar-refractivity contribution in [3.05, 3.63) is 0 Å². The minimum absolute atomic E-state index is 0.204. The third-order valence-electron chi connectivity index (χ3n) is 6.13. The molecule has 0 aliphatic carbocycles. The van der Waals surface area contributed by atoms with Crippen LogP contribution in [0.15, 0.2) is 0 Å². The third-order valence-corrected chi connectivity index (χ3v) is 6.13. The fraction of sp³-hybridized carbons (Fsp3) is 0.944. The first kappa shape index (κ1) is 16.3. The molecule has 4 heteroatoms. The van der Waals surface area contributed by atoms with Gasteiger partial charge >= 0.3 is 0 Å². The highest BCUT2D eigenvalue weighted by atomic mass is 16.2. The molecule has 3 heterocycles. The lowest BCUT2D eigenvalue weighted by atomic mass is 9.86. The summed E-state index contributed by atoms with van der Waals surface area (Å²) in [6.45, 7) is 12.2. The predicted molar refractivity (Wildman–Crippen MR) is 89.7 cm³/mol. The van der Waals surface area contributed by atoms with Crippen molar-refractivity contribution >= 4 is 5.91 Å². The number of likely N-dealkylation sites (tertiary alicyclic amines) is 2. The van der Waals surface area contributed by atoms with Crippen LogP contribution in [0, 0.1) is 23.7 Å². The maximum atomic E-state index is 12.7. The van der Waals surface area contributed by atoms with E-state index in [0.29, 0.717) is 17.7 Å². The van der Waals surface area contributed by atoms with Crippen molar-refractivity contribution in [2.45, 2.75) is 39.5 Å². The molecule has 0 aromatic rings. The second-order valence-electron chi connectivity index (χ2n) is 7.98. The number of hydrogen-bond donors (Lipinski definition) is 1. The molecule has 0 aromatic carbocycles. The van der Waals surface area contributed by atoms with Crippen LogP contribution in [0.4, 0.5) is 0 Å². The van der Waals surface area contributed by atoms with Crippen molar-refractivity contribution in [1.82, 2.24) is 15.1 Å². The maximum absolute atomic E-state index is 12.7. The van der Waals surface area contributed by atoms with Crippen LogP contribution in [0.1, 0.15) is 39.5 Å². The SMILES string of the molecule is CC1CCN(CC2CCCN(C(=O)C(C)C3CNC3)C2)CC1. The Morgan fingerprint density at radius 3 is 2.55 bits per heavy atom. The normalized spacial score (nSPS) is 30.1. The quantitative estimate of drug-likeness (QED) is 0.860. The highest BCUT2D eigenvalue weighted by Gasteiger charge is 2.34. The molecule has 3 saturated heterocycles. The van der Waals surface area contributed by atoms with Crippen molar-refractivity contribution in [3.8, 4) is 0 Å². The second-order valence-corrected chi connectivity index (χ2v) is 7.98. The van der Waals surface area contributed by atoms with Crippen LogP contribution in [-0.2, 0) is 4.79 Å². The number of rotatable bonds is 4. The molecule has 2 atom stereocenters. The van der Waals surface area contributed by atoms with Gasteiger partial charge in [-0.15, -0.1) is 0 Å². The monoisotopic (exact) mass is 307 g/mol. The summed E-state index contributed by atoms with van der Waals surface area (Å²) in [6, 6.07) is 0. The Morgan fingerprint density at radius 2 is 1.91 bits per heavy atom. The Balaban J connectivity index is 1.47. The standard InChI is InChI=1S/C18H33N3O/c1-14-5-8-20(9-6-14)12-16-4-3-7-21(13-16)18(22)15(2)17-10-19-11-17/h14-17,19H,3-13H2,1-2H3. The Kier molecular flexibility index (Phi) is 5.40. The lowest BCUT2D eigenvalue weighted by molar-refractivity contribution is -0.139. The Labute approximate surface area is 135 Å². The second kappa shape index (κ2) is 7.31. The van der Waals surface area contributed by atoms with E-state index in [4.69, 9.17) is 0 Å². The van der Waals surface area contributed by atoms with Crippen molar-refractivity contribution in [1.29, 1.82) is 0 Å². The molecule has 1 amide bonds.